The van der Waals surface area contributed by atoms with Crippen LogP contribution in [0.5, 0.6) is 0 Å². The Hall–Kier alpha value is 0.240. The van der Waals surface area contributed by atoms with Crippen LogP contribution in [0.25, 0.3) is 0 Å². The molecule has 0 bridgehead atoms. The van der Waals surface area contributed by atoms with E-state index in [1.165, 1.54) is 18.4 Å². The Balaban J connectivity index is 2.40. The number of nitrogens with one attached hydrogen (secondary N) is 1. The average molecular weight is 224 g/mol. The second kappa shape index (κ2) is 5.20. The topological polar surface area (TPSA) is 32.3 Å². The Labute approximate surface area is 88.9 Å². The minimum atomic E-state index is -0.111. The molecule has 1 aliphatic carbocycles. The predicted molar refractivity (Wildman–Crippen MR) is 56.1 cm³/mol. The number of aliphatic hydroxyl groups excluding tert-OH is 1. The molecule has 0 unspecified atom stereocenters. The molecule has 0 aliphatic heterocycles. The minimum Gasteiger partial charge on any atom is -0.394 e. The van der Waals surface area contributed by atoms with Crippen LogP contribution < -0.4 is 5.32 Å². The van der Waals surface area contributed by atoms with E-state index in [9.17, 15) is 5.11 Å². The first kappa shape index (κ1) is 11.3. The zero-order valence-electron chi connectivity index (χ0n) is 7.52. The molecule has 2 N–H and O–H groups in total. The summed E-state index contributed by atoms with van der Waals surface area (Å²) in [6.45, 7) is 0.727. The van der Waals surface area contributed by atoms with Gasteiger partial charge in [-0.15, -0.1) is 0 Å². The highest BCUT2D eigenvalue weighted by Gasteiger charge is 2.32. The van der Waals surface area contributed by atoms with E-state index in [0.717, 1.165) is 12.8 Å². The van der Waals surface area contributed by atoms with Gasteiger partial charge in [-0.2, -0.15) is 0 Å². The highest BCUT2D eigenvalue weighted by molar-refractivity contribution is 6.36. The lowest BCUT2D eigenvalue weighted by atomic mass is 9.99. The second-order valence-electron chi connectivity index (χ2n) is 3.56. The molecule has 0 amide bonds. The molecule has 1 fully saturated rings. The first-order chi connectivity index (χ1) is 6.22. The summed E-state index contributed by atoms with van der Waals surface area (Å²) in [5, 5.41) is 13.1. The maximum Gasteiger partial charge on any atom is 0.0613 e. The van der Waals surface area contributed by atoms with E-state index in [0.29, 0.717) is 11.6 Å². The van der Waals surface area contributed by atoms with Crippen LogP contribution in [0.2, 0.25) is 0 Å². The Morgan fingerprint density at radius 3 is 2.54 bits per heavy atom. The molecule has 0 heterocycles. The third-order valence-electron chi connectivity index (χ3n) is 2.61. The van der Waals surface area contributed by atoms with Crippen LogP contribution >= 0.6 is 23.2 Å². The lowest BCUT2D eigenvalue weighted by Crippen LogP contribution is -2.46. The van der Waals surface area contributed by atoms with Crippen LogP contribution in [0, 0.1) is 0 Å². The summed E-state index contributed by atoms with van der Waals surface area (Å²) < 4.78 is 0. The third-order valence-corrected chi connectivity index (χ3v) is 3.23. The van der Waals surface area contributed by atoms with Crippen molar-refractivity contribution in [2.75, 3.05) is 13.2 Å². The molecule has 4 heteroatoms. The third kappa shape index (κ3) is 3.13. The van der Waals surface area contributed by atoms with Crippen LogP contribution in [-0.4, -0.2) is 23.8 Å². The van der Waals surface area contributed by atoms with Gasteiger partial charge in [0.15, 0.2) is 0 Å². The fourth-order valence-corrected chi connectivity index (χ4v) is 1.90. The summed E-state index contributed by atoms with van der Waals surface area (Å²) in [6.07, 6.45) is 4.40. The molecular weight excluding hydrogens is 209 g/mol. The van der Waals surface area contributed by atoms with Crippen LogP contribution in [0.4, 0.5) is 0 Å². The average Bonchev–Trinajstić information content (AvgIpc) is 2.63. The van der Waals surface area contributed by atoms with Crippen molar-refractivity contribution in [1.29, 1.82) is 0 Å². The van der Waals surface area contributed by atoms with E-state index in [-0.39, 0.29) is 12.1 Å². The Kier molecular flexibility index (Phi) is 4.53. The molecule has 0 aromatic carbocycles. The summed E-state index contributed by atoms with van der Waals surface area (Å²) in [6, 6.07) is 0. The molecule has 0 radical (unpaired) electrons. The van der Waals surface area contributed by atoms with Crippen molar-refractivity contribution in [3.8, 4) is 0 Å². The van der Waals surface area contributed by atoms with Crippen molar-refractivity contribution in [2.45, 2.75) is 31.2 Å². The van der Waals surface area contributed by atoms with Crippen LogP contribution in [0.15, 0.2) is 10.6 Å². The van der Waals surface area contributed by atoms with Gasteiger partial charge in [0.2, 0.25) is 0 Å². The zero-order valence-corrected chi connectivity index (χ0v) is 9.03. The van der Waals surface area contributed by atoms with Gasteiger partial charge in [0.25, 0.3) is 0 Å². The van der Waals surface area contributed by atoms with Crippen molar-refractivity contribution in [2.24, 2.45) is 0 Å². The van der Waals surface area contributed by atoms with Crippen molar-refractivity contribution >= 4 is 23.2 Å². The lowest BCUT2D eigenvalue weighted by Gasteiger charge is -2.27. The zero-order chi connectivity index (χ0) is 9.73. The number of hydrogen-bond donors (Lipinski definition) is 2. The molecule has 76 valence electrons. The molecule has 0 aromatic rings. The Bertz CT molecular complexity index is 188. The van der Waals surface area contributed by atoms with Gasteiger partial charge in [-0.1, -0.05) is 36.0 Å². The van der Waals surface area contributed by atoms with Gasteiger partial charge in [-0.3, -0.25) is 0 Å². The number of halogens is 2. The van der Waals surface area contributed by atoms with Gasteiger partial charge in [0, 0.05) is 22.7 Å². The molecule has 0 saturated heterocycles. The highest BCUT2D eigenvalue weighted by atomic mass is 35.5. The standard InChI is InChI=1S/C9H15Cl2NO/c10-5-8(11)6-12-9(7-13)3-1-2-4-9/h5,12-13H,1-4,6-7H2. The molecule has 13 heavy (non-hydrogen) atoms. The van der Waals surface area contributed by atoms with Crippen molar-refractivity contribution in [3.63, 3.8) is 0 Å². The first-order valence-electron chi connectivity index (χ1n) is 4.53. The molecule has 0 atom stereocenters. The molecule has 1 aliphatic rings. The minimum absolute atomic E-state index is 0.111. The van der Waals surface area contributed by atoms with Crippen LogP contribution in [-0.2, 0) is 0 Å². The summed E-state index contributed by atoms with van der Waals surface area (Å²) in [4.78, 5) is 0. The van der Waals surface area contributed by atoms with Gasteiger partial charge in [-0.05, 0) is 12.8 Å². The Morgan fingerprint density at radius 2 is 2.08 bits per heavy atom. The first-order valence-corrected chi connectivity index (χ1v) is 5.34. The maximum atomic E-state index is 9.24. The SMILES string of the molecule is OCC1(NCC(Cl)=CCl)CCCC1. The number of rotatable bonds is 4. The summed E-state index contributed by atoms with van der Waals surface area (Å²) in [5.74, 6) is 0. The molecular formula is C9H15Cl2NO. The van der Waals surface area contributed by atoms with Gasteiger partial charge in [-0.25, -0.2) is 0 Å². The molecule has 0 aromatic heterocycles. The smallest absolute Gasteiger partial charge is 0.0613 e. The van der Waals surface area contributed by atoms with Crippen molar-refractivity contribution in [3.05, 3.63) is 10.6 Å². The Morgan fingerprint density at radius 1 is 1.46 bits per heavy atom. The quantitative estimate of drug-likeness (QED) is 0.767. The van der Waals surface area contributed by atoms with Gasteiger partial charge >= 0.3 is 0 Å². The van der Waals surface area contributed by atoms with E-state index >= 15 is 0 Å². The number of aliphatic hydroxyl groups is 1. The molecule has 1 rings (SSSR count). The largest absolute Gasteiger partial charge is 0.394 e. The van der Waals surface area contributed by atoms with Crippen molar-refractivity contribution < 1.29 is 5.11 Å². The van der Waals surface area contributed by atoms with Gasteiger partial charge < -0.3 is 10.4 Å². The highest BCUT2D eigenvalue weighted by Crippen LogP contribution is 2.29. The maximum absolute atomic E-state index is 9.24. The molecule has 2 nitrogen and oxygen atoms in total. The summed E-state index contributed by atoms with van der Waals surface area (Å²) >= 11 is 11.2. The summed E-state index contributed by atoms with van der Waals surface area (Å²) in [5.41, 5.74) is 1.24. The van der Waals surface area contributed by atoms with Crippen LogP contribution in [0.1, 0.15) is 25.7 Å². The monoisotopic (exact) mass is 223 g/mol. The molecule has 1 saturated carbocycles. The lowest BCUT2D eigenvalue weighted by molar-refractivity contribution is 0.168. The van der Waals surface area contributed by atoms with E-state index in [2.05, 4.69) is 5.32 Å². The van der Waals surface area contributed by atoms with E-state index in [1.807, 2.05) is 0 Å². The van der Waals surface area contributed by atoms with E-state index in [4.69, 9.17) is 23.2 Å². The van der Waals surface area contributed by atoms with E-state index < -0.39 is 0 Å². The van der Waals surface area contributed by atoms with Gasteiger partial charge in [0.1, 0.15) is 0 Å². The van der Waals surface area contributed by atoms with Gasteiger partial charge in [0.05, 0.1) is 6.61 Å². The van der Waals surface area contributed by atoms with Crippen LogP contribution in [0.3, 0.4) is 0 Å². The second-order valence-corrected chi connectivity index (χ2v) is 4.26. The fourth-order valence-electron chi connectivity index (χ4n) is 1.75. The van der Waals surface area contributed by atoms with Crippen molar-refractivity contribution in [1.82, 2.24) is 5.32 Å². The predicted octanol–water partition coefficient (Wildman–Crippen LogP) is 2.20. The fraction of sp³-hybridized carbons (Fsp3) is 0.778. The molecule has 0 spiro atoms. The normalized spacial score (nSPS) is 22.2. The van der Waals surface area contributed by atoms with E-state index in [1.54, 1.807) is 0 Å². The number of hydrogen-bond acceptors (Lipinski definition) is 2. The summed E-state index contributed by atoms with van der Waals surface area (Å²) in [7, 11) is 0.